The van der Waals surface area contributed by atoms with Crippen molar-refractivity contribution in [2.45, 2.75) is 50.8 Å². The average molecular weight is 363 g/mol. The maximum absolute atomic E-state index is 10.3. The van der Waals surface area contributed by atoms with Gasteiger partial charge >= 0.3 is 0 Å². The molecule has 1 fully saturated rings. The predicted molar refractivity (Wildman–Crippen MR) is 96.7 cm³/mol. The molecule has 3 N–H and O–H groups in total. The quantitative estimate of drug-likeness (QED) is 0.785. The van der Waals surface area contributed by atoms with E-state index in [0.717, 1.165) is 16.7 Å². The Morgan fingerprint density at radius 1 is 0.960 bits per heavy atom. The Morgan fingerprint density at radius 2 is 1.64 bits per heavy atom. The number of hydrogen-bond donors (Lipinski definition) is 3. The number of aliphatic hydroxyl groups is 3. The molecule has 0 radical (unpaired) electrons. The lowest BCUT2D eigenvalue weighted by atomic mass is 9.90. The van der Waals surface area contributed by atoms with Gasteiger partial charge in [-0.25, -0.2) is 0 Å². The van der Waals surface area contributed by atoms with Crippen molar-refractivity contribution in [3.8, 4) is 0 Å². The minimum atomic E-state index is -1.25. The fourth-order valence-corrected chi connectivity index (χ4v) is 3.34. The van der Waals surface area contributed by atoms with E-state index in [9.17, 15) is 15.3 Å². The maximum Gasteiger partial charge on any atom is 0.113 e. The molecule has 2 aromatic carbocycles. The van der Waals surface area contributed by atoms with Gasteiger partial charge in [0.25, 0.3) is 0 Å². The van der Waals surface area contributed by atoms with Crippen LogP contribution in [0.25, 0.3) is 0 Å². The van der Waals surface area contributed by atoms with Crippen LogP contribution < -0.4 is 0 Å². The molecule has 1 aliphatic rings. The van der Waals surface area contributed by atoms with E-state index in [1.54, 1.807) is 19.1 Å². The first-order valence-corrected chi connectivity index (χ1v) is 8.78. The molecule has 5 heteroatoms. The molecule has 0 spiro atoms. The number of benzene rings is 2. The third kappa shape index (κ3) is 3.89. The van der Waals surface area contributed by atoms with Gasteiger partial charge in [0, 0.05) is 5.02 Å². The van der Waals surface area contributed by atoms with Gasteiger partial charge in [0.05, 0.1) is 6.10 Å². The van der Waals surface area contributed by atoms with Crippen LogP contribution in [0.4, 0.5) is 0 Å². The number of aliphatic hydroxyl groups excluding tert-OH is 3. The lowest BCUT2D eigenvalue weighted by molar-refractivity contribution is -0.219. The van der Waals surface area contributed by atoms with Crippen LogP contribution in [0, 0.1) is 6.92 Å². The summed E-state index contributed by atoms with van der Waals surface area (Å²) in [5.41, 5.74) is 3.99. The highest BCUT2D eigenvalue weighted by atomic mass is 35.5. The topological polar surface area (TPSA) is 69.9 Å². The highest BCUT2D eigenvalue weighted by Crippen LogP contribution is 2.34. The Kier molecular flexibility index (Phi) is 5.46. The van der Waals surface area contributed by atoms with Crippen LogP contribution >= 0.6 is 11.6 Å². The zero-order valence-electron chi connectivity index (χ0n) is 14.3. The second-order valence-corrected chi connectivity index (χ2v) is 7.15. The molecule has 0 bridgehead atoms. The van der Waals surface area contributed by atoms with E-state index in [2.05, 4.69) is 24.3 Å². The van der Waals surface area contributed by atoms with Gasteiger partial charge in [0.1, 0.15) is 24.4 Å². The molecule has 0 amide bonds. The third-order valence-electron chi connectivity index (χ3n) is 4.77. The molecule has 0 aliphatic carbocycles. The van der Waals surface area contributed by atoms with Crippen molar-refractivity contribution in [2.24, 2.45) is 0 Å². The van der Waals surface area contributed by atoms with E-state index in [0.29, 0.717) is 11.4 Å². The SMILES string of the molecule is Cc1ccc(Cc2cc([C@@H]3OC(C)[C@@H](O)[C@H](O)[C@H]3O)ccc2Cl)cc1. The van der Waals surface area contributed by atoms with Gasteiger partial charge in [0.2, 0.25) is 0 Å². The molecule has 5 atom stereocenters. The number of hydrogen-bond acceptors (Lipinski definition) is 4. The van der Waals surface area contributed by atoms with E-state index in [4.69, 9.17) is 16.3 Å². The number of ether oxygens (including phenoxy) is 1. The fourth-order valence-electron chi connectivity index (χ4n) is 3.16. The Balaban J connectivity index is 1.87. The molecule has 0 saturated carbocycles. The van der Waals surface area contributed by atoms with Crippen molar-refractivity contribution in [3.63, 3.8) is 0 Å². The Bertz CT molecular complexity index is 731. The second-order valence-electron chi connectivity index (χ2n) is 6.75. The Morgan fingerprint density at radius 3 is 2.32 bits per heavy atom. The third-order valence-corrected chi connectivity index (χ3v) is 5.13. The van der Waals surface area contributed by atoms with Crippen LogP contribution in [0.2, 0.25) is 5.02 Å². The van der Waals surface area contributed by atoms with Crippen LogP contribution in [0.15, 0.2) is 42.5 Å². The first kappa shape index (κ1) is 18.4. The van der Waals surface area contributed by atoms with Crippen molar-refractivity contribution in [1.29, 1.82) is 0 Å². The zero-order valence-corrected chi connectivity index (χ0v) is 15.0. The molecule has 25 heavy (non-hydrogen) atoms. The summed E-state index contributed by atoms with van der Waals surface area (Å²) in [6.45, 7) is 3.72. The van der Waals surface area contributed by atoms with Crippen molar-refractivity contribution in [1.82, 2.24) is 0 Å². The molecule has 0 aromatic heterocycles. The van der Waals surface area contributed by atoms with Crippen molar-refractivity contribution in [3.05, 3.63) is 69.7 Å². The molecular weight excluding hydrogens is 340 g/mol. The summed E-state index contributed by atoms with van der Waals surface area (Å²) in [7, 11) is 0. The molecule has 3 rings (SSSR count). The summed E-state index contributed by atoms with van der Waals surface area (Å²) in [5, 5.41) is 30.8. The predicted octanol–water partition coefficient (Wildman–Crippen LogP) is 2.78. The summed E-state index contributed by atoms with van der Waals surface area (Å²) < 4.78 is 5.73. The van der Waals surface area contributed by atoms with Gasteiger partial charge in [-0.1, -0.05) is 53.6 Å². The Labute approximate surface area is 152 Å². The second kappa shape index (κ2) is 7.44. The van der Waals surface area contributed by atoms with Crippen LogP contribution in [-0.4, -0.2) is 39.7 Å². The standard InChI is InChI=1S/C20H23ClO4/c1-11-3-5-13(6-4-11)9-15-10-14(7-8-16(15)21)20-19(24)18(23)17(22)12(2)25-20/h3-8,10,12,17-20,22-24H,9H2,1-2H3/t12?,17-,18+,19-,20+/m1/s1. The van der Waals surface area contributed by atoms with E-state index in [-0.39, 0.29) is 0 Å². The first-order valence-electron chi connectivity index (χ1n) is 8.40. The first-order chi connectivity index (χ1) is 11.9. The van der Waals surface area contributed by atoms with Crippen LogP contribution in [-0.2, 0) is 11.2 Å². The molecule has 1 saturated heterocycles. The van der Waals surface area contributed by atoms with E-state index in [1.165, 1.54) is 5.56 Å². The minimum Gasteiger partial charge on any atom is -0.388 e. The van der Waals surface area contributed by atoms with Gasteiger partial charge in [-0.05, 0) is 43.0 Å². The summed E-state index contributed by atoms with van der Waals surface area (Å²) in [6, 6.07) is 13.7. The van der Waals surface area contributed by atoms with Crippen LogP contribution in [0.1, 0.15) is 35.3 Å². The smallest absolute Gasteiger partial charge is 0.113 e. The summed E-state index contributed by atoms with van der Waals surface area (Å²) >= 11 is 6.34. The minimum absolute atomic E-state index is 0.570. The van der Waals surface area contributed by atoms with Gasteiger partial charge in [-0.3, -0.25) is 0 Å². The largest absolute Gasteiger partial charge is 0.388 e. The van der Waals surface area contributed by atoms with Crippen LogP contribution in [0.5, 0.6) is 0 Å². The highest BCUT2D eigenvalue weighted by molar-refractivity contribution is 6.31. The monoisotopic (exact) mass is 362 g/mol. The molecule has 2 aromatic rings. The van der Waals surface area contributed by atoms with E-state index >= 15 is 0 Å². The molecular formula is C20H23ClO4. The van der Waals surface area contributed by atoms with Gasteiger partial charge in [-0.2, -0.15) is 0 Å². The molecule has 134 valence electrons. The van der Waals surface area contributed by atoms with E-state index in [1.807, 2.05) is 13.0 Å². The lowest BCUT2D eigenvalue weighted by Gasteiger charge is -2.39. The average Bonchev–Trinajstić information content (AvgIpc) is 2.60. The van der Waals surface area contributed by atoms with E-state index < -0.39 is 30.5 Å². The summed E-state index contributed by atoms with van der Waals surface area (Å²) in [5.74, 6) is 0. The Hall–Kier alpha value is -1.43. The molecule has 1 aliphatic heterocycles. The van der Waals surface area contributed by atoms with Crippen molar-refractivity contribution < 1.29 is 20.1 Å². The molecule has 1 heterocycles. The normalized spacial score (nSPS) is 29.6. The molecule has 4 nitrogen and oxygen atoms in total. The number of aryl methyl sites for hydroxylation is 1. The lowest BCUT2D eigenvalue weighted by Crippen LogP contribution is -2.53. The fraction of sp³-hybridized carbons (Fsp3) is 0.400. The zero-order chi connectivity index (χ0) is 18.1. The van der Waals surface area contributed by atoms with Crippen LogP contribution in [0.3, 0.4) is 0 Å². The van der Waals surface area contributed by atoms with Gasteiger partial charge in [0.15, 0.2) is 0 Å². The molecule has 1 unspecified atom stereocenters. The van der Waals surface area contributed by atoms with Crippen molar-refractivity contribution in [2.75, 3.05) is 0 Å². The van der Waals surface area contributed by atoms with Crippen molar-refractivity contribution >= 4 is 11.6 Å². The van der Waals surface area contributed by atoms with Gasteiger partial charge < -0.3 is 20.1 Å². The van der Waals surface area contributed by atoms with Gasteiger partial charge in [-0.15, -0.1) is 0 Å². The number of rotatable bonds is 3. The summed E-state index contributed by atoms with van der Waals surface area (Å²) in [4.78, 5) is 0. The summed E-state index contributed by atoms with van der Waals surface area (Å²) in [6.07, 6.45) is -4.16. The number of halogens is 1. The maximum atomic E-state index is 10.3. The highest BCUT2D eigenvalue weighted by Gasteiger charge is 2.42.